The van der Waals surface area contributed by atoms with Gasteiger partial charge in [0.15, 0.2) is 0 Å². The molecule has 0 aliphatic carbocycles. The van der Waals surface area contributed by atoms with E-state index in [-0.39, 0.29) is 5.91 Å². The molecular weight excluding hydrogens is 447 g/mol. The summed E-state index contributed by atoms with van der Waals surface area (Å²) in [6.07, 6.45) is -0.242. The molecule has 0 bridgehead atoms. The van der Waals surface area contributed by atoms with Gasteiger partial charge in [0, 0.05) is 43.3 Å². The minimum atomic E-state index is -4.38. The number of piperazine rings is 1. The Morgan fingerprint density at radius 2 is 1.69 bits per heavy atom. The van der Waals surface area contributed by atoms with Crippen LogP contribution in [0.15, 0.2) is 47.1 Å². The zero-order valence-corrected chi connectivity index (χ0v) is 17.5. The molecule has 1 aromatic heterocycles. The van der Waals surface area contributed by atoms with Crippen LogP contribution in [0.3, 0.4) is 0 Å². The highest BCUT2D eigenvalue weighted by Crippen LogP contribution is 2.29. The maximum Gasteiger partial charge on any atom is 0.417 e. The second-order valence-electron chi connectivity index (χ2n) is 7.10. The summed E-state index contributed by atoms with van der Waals surface area (Å²) in [6, 6.07) is 10.6. The summed E-state index contributed by atoms with van der Waals surface area (Å²) >= 11 is 3.42. The fourth-order valence-electron chi connectivity index (χ4n) is 3.34. The number of rotatable bonds is 6. The van der Waals surface area contributed by atoms with Gasteiger partial charge >= 0.3 is 6.18 Å². The molecule has 0 saturated carbocycles. The third-order valence-corrected chi connectivity index (χ3v) is 5.58. The van der Waals surface area contributed by atoms with E-state index >= 15 is 0 Å². The minimum Gasteiger partial charge on any atom is -0.353 e. The Morgan fingerprint density at radius 1 is 1.00 bits per heavy atom. The Morgan fingerprint density at radius 3 is 2.28 bits per heavy atom. The zero-order valence-electron chi connectivity index (χ0n) is 16.0. The molecule has 3 rings (SSSR count). The molecule has 1 saturated heterocycles. The standard InChI is InChI=1S/C21H23BrF3N3O/c22-18-8-5-16(6-9-18)3-1-2-4-20(29)28-13-11-27(12-14-28)19-10-7-17(15-26-19)21(23,24)25/h5-10,15H,1-4,11-14H2. The third-order valence-electron chi connectivity index (χ3n) is 5.05. The Labute approximate surface area is 176 Å². The van der Waals surface area contributed by atoms with Crippen molar-refractivity contribution in [3.63, 3.8) is 0 Å². The Kier molecular flexibility index (Phi) is 7.16. The number of aryl methyl sites for hydroxylation is 1. The van der Waals surface area contributed by atoms with Crippen molar-refractivity contribution in [2.24, 2.45) is 0 Å². The number of hydrogen-bond acceptors (Lipinski definition) is 3. The summed E-state index contributed by atoms with van der Waals surface area (Å²) < 4.78 is 39.0. The molecule has 4 nitrogen and oxygen atoms in total. The first kappa shape index (κ1) is 21.6. The summed E-state index contributed by atoms with van der Waals surface area (Å²) in [5, 5.41) is 0. The van der Waals surface area contributed by atoms with E-state index in [1.54, 1.807) is 0 Å². The molecule has 1 aliphatic heterocycles. The van der Waals surface area contributed by atoms with Crippen LogP contribution in [0, 0.1) is 0 Å². The number of benzene rings is 1. The number of unbranched alkanes of at least 4 members (excludes halogenated alkanes) is 1. The molecular formula is C21H23BrF3N3O. The number of alkyl halides is 3. The van der Waals surface area contributed by atoms with Gasteiger partial charge in [-0.1, -0.05) is 28.1 Å². The van der Waals surface area contributed by atoms with Gasteiger partial charge < -0.3 is 9.80 Å². The second kappa shape index (κ2) is 9.61. The molecule has 0 unspecified atom stereocenters. The summed E-state index contributed by atoms with van der Waals surface area (Å²) in [6.45, 7) is 2.27. The highest BCUT2D eigenvalue weighted by Gasteiger charge is 2.31. The SMILES string of the molecule is O=C(CCCCc1ccc(Br)cc1)N1CCN(c2ccc(C(F)(F)F)cn2)CC1. The molecule has 156 valence electrons. The Balaban J connectivity index is 1.39. The van der Waals surface area contributed by atoms with E-state index in [1.165, 1.54) is 11.6 Å². The molecule has 0 radical (unpaired) electrons. The largest absolute Gasteiger partial charge is 0.417 e. The first-order valence-corrected chi connectivity index (χ1v) is 10.4. The lowest BCUT2D eigenvalue weighted by Gasteiger charge is -2.35. The minimum absolute atomic E-state index is 0.140. The lowest BCUT2D eigenvalue weighted by atomic mass is 10.1. The van der Waals surface area contributed by atoms with Crippen molar-refractivity contribution in [2.75, 3.05) is 31.1 Å². The van der Waals surface area contributed by atoms with Crippen LogP contribution < -0.4 is 4.90 Å². The van der Waals surface area contributed by atoms with E-state index in [0.29, 0.717) is 38.4 Å². The van der Waals surface area contributed by atoms with E-state index in [0.717, 1.165) is 36.0 Å². The van der Waals surface area contributed by atoms with E-state index in [2.05, 4.69) is 33.0 Å². The zero-order chi connectivity index (χ0) is 20.9. The van der Waals surface area contributed by atoms with Crippen LogP contribution in [0.4, 0.5) is 19.0 Å². The maximum absolute atomic E-state index is 12.6. The number of aromatic nitrogens is 1. The molecule has 1 fully saturated rings. The van der Waals surface area contributed by atoms with Crippen molar-refractivity contribution in [3.8, 4) is 0 Å². The summed E-state index contributed by atoms with van der Waals surface area (Å²) in [5.74, 6) is 0.653. The topological polar surface area (TPSA) is 36.4 Å². The van der Waals surface area contributed by atoms with Crippen molar-refractivity contribution in [3.05, 3.63) is 58.2 Å². The highest BCUT2D eigenvalue weighted by atomic mass is 79.9. The molecule has 0 atom stereocenters. The van der Waals surface area contributed by atoms with Gasteiger partial charge in [-0.3, -0.25) is 4.79 Å². The summed E-state index contributed by atoms with van der Waals surface area (Å²) in [5.41, 5.74) is 0.511. The molecule has 8 heteroatoms. The van der Waals surface area contributed by atoms with Crippen LogP contribution in [-0.4, -0.2) is 42.0 Å². The average Bonchev–Trinajstić information content (AvgIpc) is 2.72. The van der Waals surface area contributed by atoms with E-state index in [9.17, 15) is 18.0 Å². The Hall–Kier alpha value is -2.09. The van der Waals surface area contributed by atoms with E-state index in [1.807, 2.05) is 21.9 Å². The number of amides is 1. The van der Waals surface area contributed by atoms with Gasteiger partial charge in [-0.25, -0.2) is 4.98 Å². The molecule has 1 amide bonds. The monoisotopic (exact) mass is 469 g/mol. The normalized spacial score (nSPS) is 14.9. The summed E-state index contributed by atoms with van der Waals surface area (Å²) in [4.78, 5) is 20.1. The fraction of sp³-hybridized carbons (Fsp3) is 0.429. The highest BCUT2D eigenvalue weighted by molar-refractivity contribution is 9.10. The molecule has 0 spiro atoms. The molecule has 1 aromatic carbocycles. The number of carbonyl (C=O) groups is 1. The molecule has 2 aromatic rings. The quantitative estimate of drug-likeness (QED) is 0.563. The van der Waals surface area contributed by atoms with E-state index < -0.39 is 11.7 Å². The number of hydrogen-bond donors (Lipinski definition) is 0. The Bertz CT molecular complexity index is 801. The maximum atomic E-state index is 12.6. The van der Waals surface area contributed by atoms with Gasteiger partial charge in [-0.05, 0) is 49.1 Å². The van der Waals surface area contributed by atoms with Crippen molar-refractivity contribution < 1.29 is 18.0 Å². The molecule has 0 N–H and O–H groups in total. The van der Waals surface area contributed by atoms with Gasteiger partial charge in [0.2, 0.25) is 5.91 Å². The van der Waals surface area contributed by atoms with Crippen LogP contribution in [0.1, 0.15) is 30.4 Å². The van der Waals surface area contributed by atoms with Crippen LogP contribution >= 0.6 is 15.9 Å². The van der Waals surface area contributed by atoms with E-state index in [4.69, 9.17) is 0 Å². The average molecular weight is 470 g/mol. The molecule has 1 aliphatic rings. The van der Waals surface area contributed by atoms with Crippen LogP contribution in [-0.2, 0) is 17.4 Å². The fourth-order valence-corrected chi connectivity index (χ4v) is 3.60. The van der Waals surface area contributed by atoms with Gasteiger partial charge in [-0.2, -0.15) is 13.2 Å². The van der Waals surface area contributed by atoms with Gasteiger partial charge in [0.25, 0.3) is 0 Å². The summed E-state index contributed by atoms with van der Waals surface area (Å²) in [7, 11) is 0. The van der Waals surface area contributed by atoms with Gasteiger partial charge in [-0.15, -0.1) is 0 Å². The van der Waals surface area contributed by atoms with Crippen LogP contribution in [0.2, 0.25) is 0 Å². The molecule has 2 heterocycles. The number of anilines is 1. The number of halogens is 4. The predicted molar refractivity (Wildman–Crippen MR) is 110 cm³/mol. The van der Waals surface area contributed by atoms with Crippen molar-refractivity contribution >= 4 is 27.7 Å². The van der Waals surface area contributed by atoms with Crippen LogP contribution in [0.5, 0.6) is 0 Å². The molecule has 29 heavy (non-hydrogen) atoms. The van der Waals surface area contributed by atoms with Crippen LogP contribution in [0.25, 0.3) is 0 Å². The lowest BCUT2D eigenvalue weighted by Crippen LogP contribution is -2.49. The van der Waals surface area contributed by atoms with Crippen molar-refractivity contribution in [2.45, 2.75) is 31.9 Å². The van der Waals surface area contributed by atoms with Crippen molar-refractivity contribution in [1.82, 2.24) is 9.88 Å². The first-order chi connectivity index (χ1) is 13.8. The number of carbonyl (C=O) groups excluding carboxylic acids is 1. The number of pyridine rings is 1. The smallest absolute Gasteiger partial charge is 0.353 e. The number of nitrogens with zero attached hydrogens (tertiary/aromatic N) is 3. The lowest BCUT2D eigenvalue weighted by molar-refractivity contribution is -0.137. The van der Waals surface area contributed by atoms with Gasteiger partial charge in [0.05, 0.1) is 5.56 Å². The van der Waals surface area contributed by atoms with Gasteiger partial charge in [0.1, 0.15) is 5.82 Å². The third kappa shape index (κ3) is 6.19. The second-order valence-corrected chi connectivity index (χ2v) is 8.02. The first-order valence-electron chi connectivity index (χ1n) is 9.63. The predicted octanol–water partition coefficient (Wildman–Crippen LogP) is 4.92. The van der Waals surface area contributed by atoms with Crippen molar-refractivity contribution in [1.29, 1.82) is 0 Å².